The Hall–Kier alpha value is -1.31. The lowest BCUT2D eigenvalue weighted by atomic mass is 10.1. The molecule has 0 aliphatic heterocycles. The van der Waals surface area contributed by atoms with Gasteiger partial charge in [0.15, 0.2) is 0 Å². The maximum absolute atomic E-state index is 10.7. The van der Waals surface area contributed by atoms with Gasteiger partial charge in [0.05, 0.1) is 0 Å². The van der Waals surface area contributed by atoms with Crippen LogP contribution in [0.25, 0.3) is 0 Å². The highest BCUT2D eigenvalue weighted by Crippen LogP contribution is 2.08. The highest BCUT2D eigenvalue weighted by atomic mass is 16.1. The van der Waals surface area contributed by atoms with Crippen LogP contribution < -0.4 is 5.73 Å². The van der Waals surface area contributed by atoms with Crippen molar-refractivity contribution in [3.8, 4) is 0 Å². The number of aryl methyl sites for hydroxylation is 2. The van der Waals surface area contributed by atoms with Crippen LogP contribution in [0.15, 0.2) is 18.2 Å². The van der Waals surface area contributed by atoms with Crippen molar-refractivity contribution in [3.63, 3.8) is 0 Å². The van der Waals surface area contributed by atoms with Crippen molar-refractivity contribution in [2.24, 2.45) is 5.73 Å². The first-order chi connectivity index (χ1) is 5.11. The van der Waals surface area contributed by atoms with E-state index >= 15 is 0 Å². The van der Waals surface area contributed by atoms with E-state index in [1.54, 1.807) is 12.1 Å². The highest BCUT2D eigenvalue weighted by Gasteiger charge is 2.00. The van der Waals surface area contributed by atoms with Crippen molar-refractivity contribution in [2.45, 2.75) is 13.8 Å². The topological polar surface area (TPSA) is 43.1 Å². The minimum Gasteiger partial charge on any atom is -0.366 e. The van der Waals surface area contributed by atoms with Crippen LogP contribution >= 0.6 is 0 Å². The maximum atomic E-state index is 10.7. The molecule has 0 aliphatic rings. The van der Waals surface area contributed by atoms with Crippen molar-refractivity contribution in [3.05, 3.63) is 34.9 Å². The lowest BCUT2D eigenvalue weighted by Gasteiger charge is -2.00. The molecule has 1 amide bonds. The van der Waals surface area contributed by atoms with Crippen molar-refractivity contribution < 1.29 is 4.79 Å². The predicted octanol–water partition coefficient (Wildman–Crippen LogP) is 1.40. The summed E-state index contributed by atoms with van der Waals surface area (Å²) in [5.74, 6) is -0.367. The molecule has 1 aromatic carbocycles. The number of amides is 1. The second kappa shape index (κ2) is 2.74. The van der Waals surface area contributed by atoms with Crippen LogP contribution in [0.3, 0.4) is 0 Å². The Kier molecular flexibility index (Phi) is 1.94. The number of primary amides is 1. The summed E-state index contributed by atoms with van der Waals surface area (Å²) in [5, 5.41) is 0. The average Bonchev–Trinajstić information content (AvgIpc) is 1.94. The second-order valence-corrected chi connectivity index (χ2v) is 2.66. The van der Waals surface area contributed by atoms with Crippen molar-refractivity contribution >= 4 is 5.91 Å². The third kappa shape index (κ3) is 1.58. The van der Waals surface area contributed by atoms with Gasteiger partial charge in [-0.1, -0.05) is 6.07 Å². The van der Waals surface area contributed by atoms with Gasteiger partial charge >= 0.3 is 0 Å². The molecule has 1 rings (SSSR count). The molecule has 0 heterocycles. The molecule has 11 heavy (non-hydrogen) atoms. The molecule has 2 nitrogen and oxygen atoms in total. The first kappa shape index (κ1) is 7.79. The van der Waals surface area contributed by atoms with Crippen LogP contribution in [0.4, 0.5) is 0 Å². The van der Waals surface area contributed by atoms with Crippen LogP contribution in [0.2, 0.25) is 0 Å². The zero-order valence-corrected chi connectivity index (χ0v) is 6.72. The Bertz CT molecular complexity index is 292. The molecule has 0 fully saturated rings. The number of nitrogens with two attached hydrogens (primary N) is 1. The van der Waals surface area contributed by atoms with Gasteiger partial charge in [-0.3, -0.25) is 4.79 Å². The Morgan fingerprint density at radius 1 is 1.27 bits per heavy atom. The van der Waals surface area contributed by atoms with Crippen LogP contribution in [-0.2, 0) is 0 Å². The Balaban J connectivity index is 3.15. The molecule has 0 saturated heterocycles. The SMILES string of the molecule is Cc1ccc(C(N)=O)cc1C. The first-order valence-electron chi connectivity index (χ1n) is 3.48. The van der Waals surface area contributed by atoms with Gasteiger partial charge in [-0.15, -0.1) is 0 Å². The van der Waals surface area contributed by atoms with Gasteiger partial charge in [0, 0.05) is 5.56 Å². The fraction of sp³-hybridized carbons (Fsp3) is 0.222. The van der Waals surface area contributed by atoms with Gasteiger partial charge in [-0.2, -0.15) is 0 Å². The van der Waals surface area contributed by atoms with Gasteiger partial charge in [-0.25, -0.2) is 0 Å². The van der Waals surface area contributed by atoms with E-state index in [1.165, 1.54) is 5.56 Å². The van der Waals surface area contributed by atoms with Crippen molar-refractivity contribution in [1.29, 1.82) is 0 Å². The molecule has 2 heteroatoms. The maximum Gasteiger partial charge on any atom is 0.248 e. The van der Waals surface area contributed by atoms with Gasteiger partial charge in [-0.05, 0) is 37.1 Å². The number of carbonyl (C=O) groups is 1. The summed E-state index contributed by atoms with van der Waals surface area (Å²) < 4.78 is 0. The molecular weight excluding hydrogens is 138 g/mol. The van der Waals surface area contributed by atoms with E-state index in [2.05, 4.69) is 0 Å². The Labute approximate surface area is 66.0 Å². The molecule has 58 valence electrons. The van der Waals surface area contributed by atoms with E-state index in [9.17, 15) is 4.79 Å². The number of hydrogen-bond acceptors (Lipinski definition) is 1. The van der Waals surface area contributed by atoms with Crippen molar-refractivity contribution in [2.75, 3.05) is 0 Å². The second-order valence-electron chi connectivity index (χ2n) is 2.66. The lowest BCUT2D eigenvalue weighted by molar-refractivity contribution is 0.1000. The quantitative estimate of drug-likeness (QED) is 0.644. The average molecular weight is 149 g/mol. The normalized spacial score (nSPS) is 9.64. The fourth-order valence-electron chi connectivity index (χ4n) is 0.895. The minimum atomic E-state index is -0.367. The van der Waals surface area contributed by atoms with Gasteiger partial charge < -0.3 is 5.73 Å². The molecule has 0 bridgehead atoms. The van der Waals surface area contributed by atoms with E-state index in [4.69, 9.17) is 5.73 Å². The zero-order valence-electron chi connectivity index (χ0n) is 6.72. The standard InChI is InChI=1S/C9H11NO/c1-6-3-4-8(9(10)11)5-7(6)2/h3-5H,1-2H3,(H2,10,11). The number of carbonyl (C=O) groups excluding carboxylic acids is 1. The summed E-state index contributed by atoms with van der Waals surface area (Å²) in [4.78, 5) is 10.7. The fourth-order valence-corrected chi connectivity index (χ4v) is 0.895. The van der Waals surface area contributed by atoms with Crippen LogP contribution in [0.1, 0.15) is 21.5 Å². The largest absolute Gasteiger partial charge is 0.366 e. The number of rotatable bonds is 1. The molecule has 0 spiro atoms. The third-order valence-corrected chi connectivity index (χ3v) is 1.79. The third-order valence-electron chi connectivity index (χ3n) is 1.79. The Morgan fingerprint density at radius 2 is 1.91 bits per heavy atom. The molecule has 0 aliphatic carbocycles. The zero-order chi connectivity index (χ0) is 8.43. The molecule has 0 unspecified atom stereocenters. The molecule has 0 radical (unpaired) electrons. The summed E-state index contributed by atoms with van der Waals surface area (Å²) in [7, 11) is 0. The van der Waals surface area contributed by atoms with Crippen LogP contribution in [0, 0.1) is 13.8 Å². The highest BCUT2D eigenvalue weighted by molar-refractivity contribution is 5.92. The van der Waals surface area contributed by atoms with Gasteiger partial charge in [0.2, 0.25) is 5.91 Å². The smallest absolute Gasteiger partial charge is 0.248 e. The van der Waals surface area contributed by atoms with E-state index in [1.807, 2.05) is 19.9 Å². The summed E-state index contributed by atoms with van der Waals surface area (Å²) in [6.45, 7) is 3.96. The summed E-state index contributed by atoms with van der Waals surface area (Å²) in [6.07, 6.45) is 0. The van der Waals surface area contributed by atoms with Crippen molar-refractivity contribution in [1.82, 2.24) is 0 Å². The van der Waals surface area contributed by atoms with E-state index < -0.39 is 0 Å². The van der Waals surface area contributed by atoms with E-state index in [0.29, 0.717) is 5.56 Å². The molecular formula is C9H11NO. The minimum absolute atomic E-state index is 0.367. The van der Waals surface area contributed by atoms with E-state index in [-0.39, 0.29) is 5.91 Å². The summed E-state index contributed by atoms with van der Waals surface area (Å²) in [6, 6.07) is 5.44. The number of benzene rings is 1. The van der Waals surface area contributed by atoms with Gasteiger partial charge in [0.1, 0.15) is 0 Å². The molecule has 0 saturated carbocycles. The molecule has 0 atom stereocenters. The summed E-state index contributed by atoms with van der Waals surface area (Å²) >= 11 is 0. The molecule has 2 N–H and O–H groups in total. The Morgan fingerprint density at radius 3 is 2.36 bits per heavy atom. The number of hydrogen-bond donors (Lipinski definition) is 1. The van der Waals surface area contributed by atoms with E-state index in [0.717, 1.165) is 5.56 Å². The monoisotopic (exact) mass is 149 g/mol. The lowest BCUT2D eigenvalue weighted by Crippen LogP contribution is -2.10. The molecule has 1 aromatic rings. The summed E-state index contributed by atoms with van der Waals surface area (Å²) in [5.41, 5.74) is 7.95. The van der Waals surface area contributed by atoms with Gasteiger partial charge in [0.25, 0.3) is 0 Å². The predicted molar refractivity (Wildman–Crippen MR) is 44.4 cm³/mol. The van der Waals surface area contributed by atoms with Crippen LogP contribution in [0.5, 0.6) is 0 Å². The van der Waals surface area contributed by atoms with Crippen LogP contribution in [-0.4, -0.2) is 5.91 Å². The first-order valence-corrected chi connectivity index (χ1v) is 3.48. The molecule has 0 aromatic heterocycles.